The van der Waals surface area contributed by atoms with Crippen molar-refractivity contribution in [3.8, 4) is 0 Å². The van der Waals surface area contributed by atoms with Crippen molar-refractivity contribution in [1.82, 2.24) is 4.90 Å². The zero-order valence-corrected chi connectivity index (χ0v) is 7.43. The van der Waals surface area contributed by atoms with Crippen molar-refractivity contribution in [3.05, 3.63) is 0 Å². The van der Waals surface area contributed by atoms with Gasteiger partial charge in [0.2, 0.25) is 0 Å². The Morgan fingerprint density at radius 1 is 1.38 bits per heavy atom. The average Bonchev–Trinajstić information content (AvgIpc) is 2.29. The molecule has 0 aromatic rings. The predicted molar refractivity (Wildman–Crippen MR) is 44.4 cm³/mol. The van der Waals surface area contributed by atoms with Gasteiger partial charge in [-0.25, -0.2) is 0 Å². The van der Waals surface area contributed by atoms with Gasteiger partial charge in [0, 0.05) is 13.1 Å². The van der Waals surface area contributed by atoms with Gasteiger partial charge in [-0.05, 0) is 13.0 Å². The quantitative estimate of drug-likeness (QED) is 0.635. The molecule has 13 heavy (non-hydrogen) atoms. The molecule has 74 valence electrons. The van der Waals surface area contributed by atoms with Crippen LogP contribution >= 0.6 is 0 Å². The maximum Gasteiger partial charge on any atom is 0.308 e. The highest BCUT2D eigenvalue weighted by Gasteiger charge is 2.36. The van der Waals surface area contributed by atoms with Crippen molar-refractivity contribution in [2.75, 3.05) is 20.1 Å². The maximum absolute atomic E-state index is 10.7. The van der Waals surface area contributed by atoms with Crippen LogP contribution in [0, 0.1) is 11.8 Å². The summed E-state index contributed by atoms with van der Waals surface area (Å²) in [4.78, 5) is 23.0. The third-order valence-corrected chi connectivity index (χ3v) is 2.38. The fourth-order valence-corrected chi connectivity index (χ4v) is 1.80. The smallest absolute Gasteiger partial charge is 0.308 e. The second kappa shape index (κ2) is 3.74. The van der Waals surface area contributed by atoms with Crippen LogP contribution in [0.3, 0.4) is 0 Å². The number of aliphatic carboxylic acids is 2. The molecule has 5 heteroatoms. The van der Waals surface area contributed by atoms with Crippen LogP contribution < -0.4 is 0 Å². The standard InChI is InChI=1S/C8H13NO4/c1-9-3-5(2-7(10)11)6(4-9)8(12)13/h5-6H,2-4H2,1H3,(H,10,11)(H,12,13). The molecule has 0 aromatic carbocycles. The summed E-state index contributed by atoms with van der Waals surface area (Å²) in [6.45, 7) is 1.01. The SMILES string of the molecule is CN1CC(CC(=O)O)C(C(=O)O)C1. The third-order valence-electron chi connectivity index (χ3n) is 2.38. The Kier molecular flexibility index (Phi) is 2.87. The lowest BCUT2D eigenvalue weighted by Gasteiger charge is -2.10. The Morgan fingerprint density at radius 2 is 2.00 bits per heavy atom. The van der Waals surface area contributed by atoms with E-state index in [9.17, 15) is 9.59 Å². The first-order valence-electron chi connectivity index (χ1n) is 4.14. The van der Waals surface area contributed by atoms with Gasteiger partial charge in [-0.1, -0.05) is 0 Å². The molecule has 2 N–H and O–H groups in total. The van der Waals surface area contributed by atoms with E-state index in [2.05, 4.69) is 0 Å². The van der Waals surface area contributed by atoms with Crippen molar-refractivity contribution in [1.29, 1.82) is 0 Å². The molecule has 0 radical (unpaired) electrons. The number of hydrogen-bond donors (Lipinski definition) is 2. The molecule has 1 aliphatic rings. The number of hydrogen-bond acceptors (Lipinski definition) is 3. The lowest BCUT2D eigenvalue weighted by Crippen LogP contribution is -2.24. The van der Waals surface area contributed by atoms with E-state index < -0.39 is 17.9 Å². The maximum atomic E-state index is 10.7. The fraction of sp³-hybridized carbons (Fsp3) is 0.750. The molecule has 1 fully saturated rings. The van der Waals surface area contributed by atoms with Gasteiger partial charge in [-0.2, -0.15) is 0 Å². The van der Waals surface area contributed by atoms with Gasteiger partial charge in [-0.3, -0.25) is 9.59 Å². The Bertz CT molecular complexity index is 228. The van der Waals surface area contributed by atoms with E-state index >= 15 is 0 Å². The predicted octanol–water partition coefficient (Wildman–Crippen LogP) is -0.276. The monoisotopic (exact) mass is 187 g/mol. The summed E-state index contributed by atoms with van der Waals surface area (Å²) >= 11 is 0. The lowest BCUT2D eigenvalue weighted by atomic mass is 9.93. The van der Waals surface area contributed by atoms with Crippen LogP contribution in [0.1, 0.15) is 6.42 Å². The van der Waals surface area contributed by atoms with Gasteiger partial charge in [0.05, 0.1) is 12.3 Å². The van der Waals surface area contributed by atoms with Crippen LogP contribution in [-0.2, 0) is 9.59 Å². The number of nitrogens with zero attached hydrogens (tertiary/aromatic N) is 1. The van der Waals surface area contributed by atoms with Gasteiger partial charge < -0.3 is 15.1 Å². The highest BCUT2D eigenvalue weighted by Crippen LogP contribution is 2.25. The van der Waals surface area contributed by atoms with E-state index in [0.717, 1.165) is 0 Å². The highest BCUT2D eigenvalue weighted by atomic mass is 16.4. The van der Waals surface area contributed by atoms with Gasteiger partial charge >= 0.3 is 11.9 Å². The van der Waals surface area contributed by atoms with Crippen LogP contribution in [0.15, 0.2) is 0 Å². The summed E-state index contributed by atoms with van der Waals surface area (Å²) in [5.41, 5.74) is 0. The highest BCUT2D eigenvalue weighted by molar-refractivity contribution is 5.73. The molecule has 0 spiro atoms. The zero-order chi connectivity index (χ0) is 10.0. The first kappa shape index (κ1) is 9.98. The molecule has 1 saturated heterocycles. The molecule has 2 atom stereocenters. The Labute approximate surface area is 76.0 Å². The van der Waals surface area contributed by atoms with Crippen LogP contribution in [0.25, 0.3) is 0 Å². The number of carbonyl (C=O) groups is 2. The minimum Gasteiger partial charge on any atom is -0.481 e. The van der Waals surface area contributed by atoms with Crippen molar-refractivity contribution < 1.29 is 19.8 Å². The summed E-state index contributed by atoms with van der Waals surface area (Å²) in [7, 11) is 1.80. The van der Waals surface area contributed by atoms with Crippen molar-refractivity contribution in [2.24, 2.45) is 11.8 Å². The number of carboxylic acids is 2. The molecule has 2 unspecified atom stereocenters. The average molecular weight is 187 g/mol. The number of rotatable bonds is 3. The number of carboxylic acid groups (broad SMARTS) is 2. The van der Waals surface area contributed by atoms with E-state index in [0.29, 0.717) is 13.1 Å². The molecule has 0 aliphatic carbocycles. The van der Waals surface area contributed by atoms with Crippen molar-refractivity contribution >= 4 is 11.9 Å². The molecule has 5 nitrogen and oxygen atoms in total. The lowest BCUT2D eigenvalue weighted by molar-refractivity contribution is -0.143. The molecule has 0 bridgehead atoms. The molecular weight excluding hydrogens is 174 g/mol. The fourth-order valence-electron chi connectivity index (χ4n) is 1.80. The van der Waals surface area contributed by atoms with Crippen molar-refractivity contribution in [3.63, 3.8) is 0 Å². The molecular formula is C8H13NO4. The summed E-state index contributed by atoms with van der Waals surface area (Å²) in [6, 6.07) is 0. The minimum absolute atomic E-state index is 0.0543. The third kappa shape index (κ3) is 2.42. The topological polar surface area (TPSA) is 77.8 Å². The minimum atomic E-state index is -0.924. The van der Waals surface area contributed by atoms with E-state index in [1.165, 1.54) is 0 Å². The van der Waals surface area contributed by atoms with E-state index in [-0.39, 0.29) is 12.3 Å². The zero-order valence-electron chi connectivity index (χ0n) is 7.43. The second-order valence-electron chi connectivity index (χ2n) is 3.52. The normalized spacial score (nSPS) is 29.0. The van der Waals surface area contributed by atoms with Gasteiger partial charge in [0.25, 0.3) is 0 Å². The second-order valence-corrected chi connectivity index (χ2v) is 3.52. The summed E-state index contributed by atoms with van der Waals surface area (Å²) in [5, 5.41) is 17.3. The first-order chi connectivity index (χ1) is 6.00. The largest absolute Gasteiger partial charge is 0.481 e. The molecule has 1 heterocycles. The van der Waals surface area contributed by atoms with Crippen LogP contribution in [-0.4, -0.2) is 47.2 Å². The van der Waals surface area contributed by atoms with Crippen molar-refractivity contribution in [2.45, 2.75) is 6.42 Å². The number of likely N-dealkylation sites (tertiary alicyclic amines) is 1. The summed E-state index contributed by atoms with van der Waals surface area (Å²) < 4.78 is 0. The first-order valence-corrected chi connectivity index (χ1v) is 4.14. The van der Waals surface area contributed by atoms with Crippen LogP contribution in [0.5, 0.6) is 0 Å². The van der Waals surface area contributed by atoms with Crippen LogP contribution in [0.2, 0.25) is 0 Å². The van der Waals surface area contributed by atoms with Gasteiger partial charge in [0.1, 0.15) is 0 Å². The summed E-state index contributed by atoms with van der Waals surface area (Å²) in [5.74, 6) is -2.59. The summed E-state index contributed by atoms with van der Waals surface area (Å²) in [6.07, 6.45) is -0.0543. The molecule has 0 amide bonds. The van der Waals surface area contributed by atoms with E-state index in [1.807, 2.05) is 4.90 Å². The Balaban J connectivity index is 2.60. The van der Waals surface area contributed by atoms with E-state index in [1.54, 1.807) is 7.05 Å². The Morgan fingerprint density at radius 3 is 2.46 bits per heavy atom. The van der Waals surface area contributed by atoms with Crippen LogP contribution in [0.4, 0.5) is 0 Å². The Hall–Kier alpha value is -1.10. The van der Waals surface area contributed by atoms with Gasteiger partial charge in [-0.15, -0.1) is 0 Å². The molecule has 0 aromatic heterocycles. The van der Waals surface area contributed by atoms with E-state index in [4.69, 9.17) is 10.2 Å². The van der Waals surface area contributed by atoms with Gasteiger partial charge in [0.15, 0.2) is 0 Å². The molecule has 0 saturated carbocycles. The molecule has 1 aliphatic heterocycles. The molecule has 1 rings (SSSR count).